The molecule has 29 heavy (non-hydrogen) atoms. The molecular formula is C21H22ClN3O3S. The van der Waals surface area contributed by atoms with Gasteiger partial charge in [0.2, 0.25) is 15.9 Å². The number of carbonyl (C=O) groups excluding carboxylic acids is 1. The summed E-state index contributed by atoms with van der Waals surface area (Å²) in [4.78, 5) is 12.7. The van der Waals surface area contributed by atoms with Crippen LogP contribution in [0.15, 0.2) is 53.4 Å². The van der Waals surface area contributed by atoms with Crippen molar-refractivity contribution in [3.05, 3.63) is 64.7 Å². The summed E-state index contributed by atoms with van der Waals surface area (Å²) in [5.74, 6) is -0.371. The first kappa shape index (κ1) is 21.3. The zero-order valence-corrected chi connectivity index (χ0v) is 17.6. The summed E-state index contributed by atoms with van der Waals surface area (Å²) in [6, 6.07) is 15.2. The van der Waals surface area contributed by atoms with Gasteiger partial charge >= 0.3 is 0 Å². The minimum absolute atomic E-state index is 0.0118. The molecule has 8 heteroatoms. The Bertz CT molecular complexity index is 1040. The van der Waals surface area contributed by atoms with E-state index in [1.165, 1.54) is 16.4 Å². The van der Waals surface area contributed by atoms with Gasteiger partial charge < -0.3 is 5.32 Å². The number of hydrogen-bond donors (Lipinski definition) is 1. The molecule has 0 aliphatic carbocycles. The van der Waals surface area contributed by atoms with E-state index < -0.39 is 10.0 Å². The number of nitriles is 1. The van der Waals surface area contributed by atoms with Crippen molar-refractivity contribution in [1.82, 2.24) is 9.62 Å². The van der Waals surface area contributed by atoms with Crippen molar-refractivity contribution in [2.24, 2.45) is 5.92 Å². The molecule has 1 aliphatic heterocycles. The molecule has 152 valence electrons. The summed E-state index contributed by atoms with van der Waals surface area (Å²) in [6.45, 7) is 2.35. The van der Waals surface area contributed by atoms with Crippen LogP contribution in [0.25, 0.3) is 0 Å². The Balaban J connectivity index is 1.64. The third kappa shape index (κ3) is 4.61. The highest BCUT2D eigenvalue weighted by atomic mass is 35.5. The molecule has 6 nitrogen and oxygen atoms in total. The molecule has 1 saturated heterocycles. The zero-order valence-electron chi connectivity index (χ0n) is 16.0. The van der Waals surface area contributed by atoms with Crippen LogP contribution in [-0.4, -0.2) is 31.7 Å². The Morgan fingerprint density at radius 1 is 1.17 bits per heavy atom. The Hall–Kier alpha value is -2.40. The second-order valence-electron chi connectivity index (χ2n) is 7.04. The van der Waals surface area contributed by atoms with Crippen LogP contribution in [0.5, 0.6) is 0 Å². The Morgan fingerprint density at radius 2 is 1.79 bits per heavy atom. The lowest BCUT2D eigenvalue weighted by Crippen LogP contribution is -2.43. The molecule has 0 radical (unpaired) electrons. The number of benzene rings is 2. The first-order valence-corrected chi connectivity index (χ1v) is 11.2. The highest BCUT2D eigenvalue weighted by Crippen LogP contribution is 2.27. The molecule has 0 bridgehead atoms. The van der Waals surface area contributed by atoms with Crippen LogP contribution >= 0.6 is 11.6 Å². The number of nitrogens with one attached hydrogen (secondary N) is 1. The van der Waals surface area contributed by atoms with Gasteiger partial charge in [0.05, 0.1) is 16.5 Å². The molecule has 1 unspecified atom stereocenters. The molecular weight excluding hydrogens is 410 g/mol. The average Bonchev–Trinajstić information content (AvgIpc) is 2.74. The van der Waals surface area contributed by atoms with E-state index in [4.69, 9.17) is 11.6 Å². The maximum atomic E-state index is 12.9. The lowest BCUT2D eigenvalue weighted by molar-refractivity contribution is -0.126. The first-order valence-electron chi connectivity index (χ1n) is 9.38. The predicted octanol–water partition coefficient (Wildman–Crippen LogP) is 3.49. The Morgan fingerprint density at radius 3 is 2.45 bits per heavy atom. The second-order valence-corrected chi connectivity index (χ2v) is 9.35. The Labute approximate surface area is 176 Å². The number of nitrogens with zero attached hydrogens (tertiary/aromatic N) is 2. The quantitative estimate of drug-likeness (QED) is 0.784. The van der Waals surface area contributed by atoms with Crippen molar-refractivity contribution in [2.45, 2.75) is 30.7 Å². The summed E-state index contributed by atoms with van der Waals surface area (Å²) in [6.07, 6.45) is 0.851. The number of amides is 1. The van der Waals surface area contributed by atoms with Crippen molar-refractivity contribution in [3.8, 4) is 6.07 Å². The van der Waals surface area contributed by atoms with Crippen molar-refractivity contribution in [3.63, 3.8) is 0 Å². The molecule has 1 amide bonds. The largest absolute Gasteiger partial charge is 0.349 e. The van der Waals surface area contributed by atoms with Crippen molar-refractivity contribution in [1.29, 1.82) is 5.26 Å². The van der Waals surface area contributed by atoms with Gasteiger partial charge in [-0.05, 0) is 43.5 Å². The van der Waals surface area contributed by atoms with Gasteiger partial charge in [-0.15, -0.1) is 0 Å². The molecule has 1 fully saturated rings. The summed E-state index contributed by atoms with van der Waals surface area (Å²) in [5, 5.41) is 12.8. The molecule has 1 N–H and O–H groups in total. The maximum absolute atomic E-state index is 12.9. The lowest BCUT2D eigenvalue weighted by atomic mass is 9.96. The monoisotopic (exact) mass is 431 g/mol. The predicted molar refractivity (Wildman–Crippen MR) is 111 cm³/mol. The third-order valence-electron chi connectivity index (χ3n) is 5.18. The molecule has 0 saturated carbocycles. The van der Waals surface area contributed by atoms with Crippen LogP contribution < -0.4 is 5.32 Å². The highest BCUT2D eigenvalue weighted by molar-refractivity contribution is 7.89. The summed E-state index contributed by atoms with van der Waals surface area (Å²) in [5.41, 5.74) is 0.969. The van der Waals surface area contributed by atoms with Crippen LogP contribution in [0.3, 0.4) is 0 Å². The SMILES string of the molecule is CC(NC(=O)C1CCN(S(=O)(=O)c2ccccc2C#N)CC1)c1ccccc1Cl. The van der Waals surface area contributed by atoms with E-state index in [0.717, 1.165) is 5.56 Å². The first-order chi connectivity index (χ1) is 13.8. The number of rotatable bonds is 5. The van der Waals surface area contributed by atoms with Crippen LogP contribution in [0, 0.1) is 17.2 Å². The standard InChI is InChI=1S/C21H22ClN3O3S/c1-15(18-7-3-4-8-19(18)22)24-21(26)16-10-12-25(13-11-16)29(27,28)20-9-5-2-6-17(20)14-23/h2-9,15-16H,10-13H2,1H3,(H,24,26). The van der Waals surface area contributed by atoms with Gasteiger partial charge in [-0.3, -0.25) is 4.79 Å². The van der Waals surface area contributed by atoms with E-state index in [-0.39, 0.29) is 41.4 Å². The minimum Gasteiger partial charge on any atom is -0.349 e. The fourth-order valence-electron chi connectivity index (χ4n) is 3.52. The maximum Gasteiger partial charge on any atom is 0.244 e. The summed E-state index contributed by atoms with van der Waals surface area (Å²) < 4.78 is 27.2. The minimum atomic E-state index is -3.76. The molecule has 1 heterocycles. The summed E-state index contributed by atoms with van der Waals surface area (Å²) in [7, 11) is -3.76. The molecule has 0 spiro atoms. The molecule has 1 aliphatic rings. The van der Waals surface area contributed by atoms with Crippen molar-refractivity contribution >= 4 is 27.5 Å². The number of halogens is 1. The van der Waals surface area contributed by atoms with Gasteiger partial charge in [0.15, 0.2) is 0 Å². The van der Waals surface area contributed by atoms with E-state index in [9.17, 15) is 18.5 Å². The molecule has 0 aromatic heterocycles. The van der Waals surface area contributed by atoms with Gasteiger partial charge in [0.25, 0.3) is 0 Å². The molecule has 2 aromatic rings. The van der Waals surface area contributed by atoms with Crippen molar-refractivity contribution < 1.29 is 13.2 Å². The van der Waals surface area contributed by atoms with Gasteiger partial charge in [0.1, 0.15) is 6.07 Å². The third-order valence-corrected chi connectivity index (χ3v) is 7.48. The fourth-order valence-corrected chi connectivity index (χ4v) is 5.43. The van der Waals surface area contributed by atoms with E-state index in [1.54, 1.807) is 18.2 Å². The van der Waals surface area contributed by atoms with Crippen LogP contribution in [0.2, 0.25) is 5.02 Å². The van der Waals surface area contributed by atoms with Gasteiger partial charge in [-0.1, -0.05) is 41.9 Å². The van der Waals surface area contributed by atoms with Gasteiger partial charge in [-0.2, -0.15) is 9.57 Å². The van der Waals surface area contributed by atoms with Crippen LogP contribution in [-0.2, 0) is 14.8 Å². The van der Waals surface area contributed by atoms with Gasteiger partial charge in [-0.25, -0.2) is 8.42 Å². The van der Waals surface area contributed by atoms with Crippen molar-refractivity contribution in [2.75, 3.05) is 13.1 Å². The van der Waals surface area contributed by atoms with Gasteiger partial charge in [0, 0.05) is 24.0 Å². The number of piperidine rings is 1. The normalized spacial score (nSPS) is 16.7. The van der Waals surface area contributed by atoms with Crippen LogP contribution in [0.1, 0.15) is 36.9 Å². The smallest absolute Gasteiger partial charge is 0.244 e. The summed E-state index contributed by atoms with van der Waals surface area (Å²) >= 11 is 6.19. The second kappa shape index (κ2) is 8.95. The van der Waals surface area contributed by atoms with Crippen LogP contribution in [0.4, 0.5) is 0 Å². The number of sulfonamides is 1. The molecule has 3 rings (SSSR count). The lowest BCUT2D eigenvalue weighted by Gasteiger charge is -2.31. The average molecular weight is 432 g/mol. The van der Waals surface area contributed by atoms with E-state index in [1.807, 2.05) is 31.2 Å². The van der Waals surface area contributed by atoms with E-state index in [0.29, 0.717) is 17.9 Å². The Kier molecular flexibility index (Phi) is 6.58. The molecule has 1 atom stereocenters. The number of carbonyl (C=O) groups is 1. The topological polar surface area (TPSA) is 90.3 Å². The zero-order chi connectivity index (χ0) is 21.0. The highest BCUT2D eigenvalue weighted by Gasteiger charge is 2.33. The van der Waals surface area contributed by atoms with E-state index in [2.05, 4.69) is 5.32 Å². The number of hydrogen-bond acceptors (Lipinski definition) is 4. The fraction of sp³-hybridized carbons (Fsp3) is 0.333. The molecule has 2 aromatic carbocycles. The van der Waals surface area contributed by atoms with E-state index >= 15 is 0 Å².